The standard InChI is InChI=1S/C24H18F7N3O5S/c1-40(38,39)14-3-4-15-12(8-14)10-34(20(36)21(11-32)6-7-21)18(15)19(35)33-17-5-2-13(9-16(17)25)22(37,23(26,27)28)24(29,30)31/h2-5,8-9,18,37H,6-7,10H2,1H3,(H,33,35). The Morgan fingerprint density at radius 1 is 1.07 bits per heavy atom. The molecule has 4 rings (SSSR count). The number of sulfone groups is 1. The highest BCUT2D eigenvalue weighted by Crippen LogP contribution is 2.51. The molecule has 16 heteroatoms. The number of amides is 2. The van der Waals surface area contributed by atoms with Gasteiger partial charge in [-0.1, -0.05) is 12.1 Å². The Labute approximate surface area is 221 Å². The summed E-state index contributed by atoms with van der Waals surface area (Å²) >= 11 is 0. The van der Waals surface area contributed by atoms with Crippen molar-refractivity contribution < 1.29 is 53.8 Å². The lowest BCUT2D eigenvalue weighted by Crippen LogP contribution is -2.54. The summed E-state index contributed by atoms with van der Waals surface area (Å²) in [6.07, 6.45) is -11.2. The molecule has 2 N–H and O–H groups in total. The number of carbonyl (C=O) groups excluding carboxylic acids is 2. The van der Waals surface area contributed by atoms with Gasteiger partial charge in [0.1, 0.15) is 17.3 Å². The summed E-state index contributed by atoms with van der Waals surface area (Å²) in [5, 5.41) is 21.0. The van der Waals surface area contributed by atoms with Crippen LogP contribution in [0.2, 0.25) is 0 Å². The van der Waals surface area contributed by atoms with Gasteiger partial charge in [-0.25, -0.2) is 12.8 Å². The second-order valence-electron chi connectivity index (χ2n) is 9.55. The van der Waals surface area contributed by atoms with Gasteiger partial charge in [0.25, 0.3) is 11.5 Å². The predicted octanol–water partition coefficient (Wildman–Crippen LogP) is 3.87. The topological polar surface area (TPSA) is 128 Å². The molecule has 40 heavy (non-hydrogen) atoms. The fourth-order valence-corrected chi connectivity index (χ4v) is 5.11. The first-order chi connectivity index (χ1) is 18.3. The van der Waals surface area contributed by atoms with E-state index in [4.69, 9.17) is 0 Å². The minimum absolute atomic E-state index is 0.118. The fraction of sp³-hybridized carbons (Fsp3) is 0.375. The molecule has 2 aromatic rings. The minimum atomic E-state index is -6.26. The predicted molar refractivity (Wildman–Crippen MR) is 121 cm³/mol. The zero-order valence-electron chi connectivity index (χ0n) is 20.2. The van der Waals surface area contributed by atoms with Crippen LogP contribution in [0.4, 0.5) is 36.4 Å². The van der Waals surface area contributed by atoms with E-state index >= 15 is 0 Å². The summed E-state index contributed by atoms with van der Waals surface area (Å²) in [5.41, 5.74) is -9.23. The molecule has 2 aliphatic rings. The van der Waals surface area contributed by atoms with Crippen molar-refractivity contribution in [3.63, 3.8) is 0 Å². The van der Waals surface area contributed by atoms with Gasteiger partial charge < -0.3 is 15.3 Å². The molecule has 1 heterocycles. The van der Waals surface area contributed by atoms with Crippen LogP contribution in [0.25, 0.3) is 0 Å². The molecule has 1 saturated carbocycles. The molecule has 0 radical (unpaired) electrons. The number of rotatable bonds is 5. The third-order valence-corrected chi connectivity index (χ3v) is 7.95. The second-order valence-corrected chi connectivity index (χ2v) is 11.6. The molecule has 0 spiro atoms. The van der Waals surface area contributed by atoms with Crippen molar-refractivity contribution in [1.82, 2.24) is 4.90 Å². The number of aliphatic hydroxyl groups is 1. The van der Waals surface area contributed by atoms with Gasteiger partial charge >= 0.3 is 12.4 Å². The van der Waals surface area contributed by atoms with Crippen LogP contribution in [-0.2, 0) is 31.6 Å². The maximum atomic E-state index is 14.7. The van der Waals surface area contributed by atoms with E-state index in [2.05, 4.69) is 0 Å². The van der Waals surface area contributed by atoms with E-state index in [1.54, 1.807) is 0 Å². The largest absolute Gasteiger partial charge is 0.430 e. The molecule has 1 aliphatic heterocycles. The molecule has 1 unspecified atom stereocenters. The zero-order valence-corrected chi connectivity index (χ0v) is 21.0. The molecule has 1 aliphatic carbocycles. The van der Waals surface area contributed by atoms with Crippen molar-refractivity contribution in [2.24, 2.45) is 5.41 Å². The number of anilines is 1. The molecule has 2 aromatic carbocycles. The van der Waals surface area contributed by atoms with Crippen molar-refractivity contribution in [3.05, 3.63) is 58.9 Å². The van der Waals surface area contributed by atoms with E-state index in [0.717, 1.165) is 17.2 Å². The Morgan fingerprint density at radius 2 is 1.68 bits per heavy atom. The highest BCUT2D eigenvalue weighted by atomic mass is 32.2. The highest BCUT2D eigenvalue weighted by molar-refractivity contribution is 7.90. The van der Waals surface area contributed by atoms with Crippen LogP contribution in [0.5, 0.6) is 0 Å². The maximum Gasteiger partial charge on any atom is 0.430 e. The molecule has 0 bridgehead atoms. The van der Waals surface area contributed by atoms with Gasteiger partial charge in [-0.3, -0.25) is 9.59 Å². The van der Waals surface area contributed by atoms with E-state index in [0.29, 0.717) is 6.07 Å². The highest BCUT2D eigenvalue weighted by Gasteiger charge is 2.71. The number of halogens is 7. The number of benzene rings is 2. The van der Waals surface area contributed by atoms with Crippen LogP contribution in [0.1, 0.15) is 35.6 Å². The van der Waals surface area contributed by atoms with Gasteiger partial charge in [-0.05, 0) is 48.2 Å². The molecule has 1 atom stereocenters. The molecular formula is C24H18F7N3O5S. The number of alkyl halides is 6. The first-order valence-electron chi connectivity index (χ1n) is 11.3. The molecular weight excluding hydrogens is 575 g/mol. The lowest BCUT2D eigenvalue weighted by Gasteiger charge is -2.32. The van der Waals surface area contributed by atoms with Gasteiger partial charge in [0.05, 0.1) is 16.7 Å². The van der Waals surface area contributed by atoms with Crippen LogP contribution >= 0.6 is 0 Å². The van der Waals surface area contributed by atoms with Crippen molar-refractivity contribution in [1.29, 1.82) is 5.26 Å². The number of nitrogens with zero attached hydrogens (tertiary/aromatic N) is 2. The Hall–Kier alpha value is -3.71. The van der Waals surface area contributed by atoms with E-state index in [-0.39, 0.29) is 47.5 Å². The van der Waals surface area contributed by atoms with Gasteiger partial charge in [0.15, 0.2) is 9.84 Å². The van der Waals surface area contributed by atoms with Crippen LogP contribution in [0, 0.1) is 22.6 Å². The first kappa shape index (κ1) is 29.3. The minimum Gasteiger partial charge on any atom is -0.369 e. The molecule has 0 saturated heterocycles. The smallest absolute Gasteiger partial charge is 0.369 e. The van der Waals surface area contributed by atoms with E-state index in [1.807, 2.05) is 11.4 Å². The Kier molecular flexibility index (Phi) is 6.71. The third-order valence-electron chi connectivity index (χ3n) is 6.84. The number of carbonyl (C=O) groups is 2. The summed E-state index contributed by atoms with van der Waals surface area (Å²) in [7, 11) is -3.70. The van der Waals surface area contributed by atoms with E-state index in [9.17, 15) is 59.1 Å². The lowest BCUT2D eigenvalue weighted by molar-refractivity contribution is -0.376. The Morgan fingerprint density at radius 3 is 2.15 bits per heavy atom. The zero-order chi connectivity index (χ0) is 30.1. The molecule has 8 nitrogen and oxygen atoms in total. The monoisotopic (exact) mass is 593 g/mol. The van der Waals surface area contributed by atoms with E-state index < -0.39 is 68.1 Å². The molecule has 2 amide bonds. The number of nitrogens with one attached hydrogen (secondary N) is 1. The summed E-state index contributed by atoms with van der Waals surface area (Å²) in [6, 6.07) is 4.24. The number of fused-ring (bicyclic) bond motifs is 1. The number of hydrogen-bond acceptors (Lipinski definition) is 6. The SMILES string of the molecule is CS(=O)(=O)c1ccc2c(c1)CN(C(=O)C1(C#N)CC1)C2C(=O)Nc1ccc(C(O)(C(F)(F)F)C(F)(F)F)cc1F. The Bertz CT molecular complexity index is 1550. The van der Waals surface area contributed by atoms with Crippen molar-refractivity contribution >= 4 is 27.3 Å². The third kappa shape index (κ3) is 4.66. The summed E-state index contributed by atoms with van der Waals surface area (Å²) in [5.74, 6) is -3.65. The van der Waals surface area contributed by atoms with Crippen molar-refractivity contribution in [2.45, 2.75) is 48.3 Å². The second kappa shape index (κ2) is 9.16. The number of hydrogen-bond donors (Lipinski definition) is 2. The lowest BCUT2D eigenvalue weighted by atomic mass is 9.92. The van der Waals surface area contributed by atoms with Gasteiger partial charge in [0, 0.05) is 18.4 Å². The van der Waals surface area contributed by atoms with Crippen LogP contribution in [-0.4, -0.2) is 48.8 Å². The van der Waals surface area contributed by atoms with Crippen molar-refractivity contribution in [2.75, 3.05) is 11.6 Å². The molecule has 214 valence electrons. The quantitative estimate of drug-likeness (QED) is 0.507. The van der Waals surface area contributed by atoms with Crippen molar-refractivity contribution in [3.8, 4) is 6.07 Å². The molecule has 0 aromatic heterocycles. The molecule has 1 fully saturated rings. The number of nitriles is 1. The van der Waals surface area contributed by atoms with Gasteiger partial charge in [-0.15, -0.1) is 0 Å². The fourth-order valence-electron chi connectivity index (χ4n) is 4.44. The summed E-state index contributed by atoms with van der Waals surface area (Å²) in [4.78, 5) is 27.3. The summed E-state index contributed by atoms with van der Waals surface area (Å²) < 4.78 is 118. The Balaban J connectivity index is 1.71. The average Bonchev–Trinajstić information content (AvgIpc) is 3.55. The average molecular weight is 593 g/mol. The maximum absolute atomic E-state index is 14.7. The van der Waals surface area contributed by atoms with Crippen LogP contribution in [0.15, 0.2) is 41.3 Å². The van der Waals surface area contributed by atoms with Crippen LogP contribution in [0.3, 0.4) is 0 Å². The normalized spacial score (nSPS) is 18.6. The van der Waals surface area contributed by atoms with Gasteiger partial charge in [-0.2, -0.15) is 31.6 Å². The van der Waals surface area contributed by atoms with E-state index in [1.165, 1.54) is 12.1 Å². The summed E-state index contributed by atoms with van der Waals surface area (Å²) in [6.45, 7) is -0.301. The van der Waals surface area contributed by atoms with Gasteiger partial charge in [0.2, 0.25) is 5.91 Å². The van der Waals surface area contributed by atoms with Crippen LogP contribution < -0.4 is 5.32 Å². The first-order valence-corrected chi connectivity index (χ1v) is 13.2.